The van der Waals surface area contributed by atoms with Gasteiger partial charge in [0, 0.05) is 103 Å². The average molecular weight is 1220 g/mol. The molecule has 5 heterocycles. The van der Waals surface area contributed by atoms with Crippen molar-refractivity contribution in [1.29, 1.82) is 0 Å². The maximum Gasteiger partial charge on any atom is 0.389 e. The SMILES string of the molecule is COCCN1CCC(C(=O)NO)(S(=O)(=O)c2ccc(-c3ccc(CCCC(F)(F)F)cn3)cc2)CC1.COCCN1CCC(C(=O)NOC2CCCCO2)(S(=O)(=O)c2ccc(-c3ccc(CCCC(F)(F)F)cn3)cc2)CC1.Cl.Cl. The number of likely N-dealkylation sites (tertiary alicyclic amines) is 2. The Bertz CT molecular complexity index is 2770. The monoisotopic (exact) mass is 1210 g/mol. The molecule has 3 saturated heterocycles. The molecule has 2 aromatic carbocycles. The number of benzene rings is 2. The lowest BCUT2D eigenvalue weighted by Crippen LogP contribution is -2.58. The van der Waals surface area contributed by atoms with Crippen molar-refractivity contribution >= 4 is 56.3 Å². The number of methoxy groups -OCH3 is 2. The van der Waals surface area contributed by atoms with E-state index in [0.717, 1.165) is 12.8 Å². The third-order valence-electron chi connectivity index (χ3n) is 14.4. The first-order valence-corrected chi connectivity index (χ1v) is 28.7. The second-order valence-electron chi connectivity index (χ2n) is 19.5. The average Bonchev–Trinajstić information content (AvgIpc) is 3.45. The van der Waals surface area contributed by atoms with E-state index in [1.54, 1.807) is 68.2 Å². The zero-order valence-corrected chi connectivity index (χ0v) is 47.7. The highest BCUT2D eigenvalue weighted by molar-refractivity contribution is 7.94. The molecule has 2 aromatic heterocycles. The lowest BCUT2D eigenvalue weighted by atomic mass is 9.95. The normalized spacial score (nSPS) is 17.9. The standard InChI is InChI=1S/C29H38F3N3O6S.C24H30F3N3O5S.2ClH/c1-39-20-18-35-16-14-28(15-17-35,27(36)34-41-26-6-2-3-19-40-26)42(37,38)24-10-8-23(9-11-24)25-12-7-22(21-33-25)5-4-13-29(30,31)32;1-35-16-15-30-13-11-23(12-14-30,22(31)29-32)36(33,34)20-7-5-19(6-8-20)21-9-4-18(17-28-21)3-2-10-24(25,26)27;;/h7-12,21,26H,2-6,13-20H2,1H3,(H,34,36);4-9,17,32H,2-3,10-16H2,1H3,(H,29,31);2*1H. The molecule has 0 bridgehead atoms. The number of piperidine rings is 2. The molecule has 80 heavy (non-hydrogen) atoms. The molecule has 7 rings (SSSR count). The number of ether oxygens (including phenoxy) is 3. The molecule has 0 aliphatic carbocycles. The predicted octanol–water partition coefficient (Wildman–Crippen LogP) is 8.70. The van der Waals surface area contributed by atoms with Crippen LogP contribution in [0.1, 0.15) is 81.8 Å². The van der Waals surface area contributed by atoms with Gasteiger partial charge < -0.3 is 24.0 Å². The van der Waals surface area contributed by atoms with Crippen molar-refractivity contribution in [3.05, 3.63) is 96.3 Å². The first kappa shape index (κ1) is 68.0. The molecule has 1 atom stereocenters. The van der Waals surface area contributed by atoms with Gasteiger partial charge in [-0.25, -0.2) is 32.6 Å². The van der Waals surface area contributed by atoms with Crippen LogP contribution in [0.4, 0.5) is 26.3 Å². The van der Waals surface area contributed by atoms with E-state index in [9.17, 15) is 58.0 Å². The highest BCUT2D eigenvalue weighted by atomic mass is 35.5. The van der Waals surface area contributed by atoms with E-state index < -0.39 is 72.5 Å². The van der Waals surface area contributed by atoms with Crippen molar-refractivity contribution in [3.8, 4) is 22.5 Å². The van der Waals surface area contributed by atoms with E-state index in [2.05, 4.69) is 20.3 Å². The van der Waals surface area contributed by atoms with Crippen molar-refractivity contribution in [2.24, 2.45) is 0 Å². The number of amides is 2. The molecule has 3 aliphatic rings. The van der Waals surface area contributed by atoms with Crippen LogP contribution in [0.2, 0.25) is 0 Å². The Balaban J connectivity index is 0.000000340. The molecular formula is C53H70Cl2F6N6O11S2. The molecule has 446 valence electrons. The summed E-state index contributed by atoms with van der Waals surface area (Å²) in [5.41, 5.74) is 7.65. The zero-order chi connectivity index (χ0) is 56.6. The van der Waals surface area contributed by atoms with Gasteiger partial charge in [0.15, 0.2) is 35.5 Å². The topological polar surface area (TPSA) is 216 Å². The van der Waals surface area contributed by atoms with E-state index in [1.807, 2.05) is 4.90 Å². The molecule has 27 heteroatoms. The number of pyridine rings is 2. The summed E-state index contributed by atoms with van der Waals surface area (Å²) >= 11 is 0. The van der Waals surface area contributed by atoms with Crippen molar-refractivity contribution in [2.75, 3.05) is 73.3 Å². The number of halogens is 8. The van der Waals surface area contributed by atoms with Crippen molar-refractivity contribution in [1.82, 2.24) is 30.7 Å². The van der Waals surface area contributed by atoms with E-state index in [1.165, 1.54) is 36.7 Å². The van der Waals surface area contributed by atoms with Crippen LogP contribution in [-0.4, -0.2) is 155 Å². The lowest BCUT2D eigenvalue weighted by Gasteiger charge is -2.40. The first-order valence-electron chi connectivity index (χ1n) is 25.7. The van der Waals surface area contributed by atoms with Crippen LogP contribution in [0.3, 0.4) is 0 Å². The largest absolute Gasteiger partial charge is 0.389 e. The molecule has 3 aliphatic heterocycles. The third-order valence-corrected chi connectivity index (χ3v) is 19.4. The molecule has 1 unspecified atom stereocenters. The summed E-state index contributed by atoms with van der Waals surface area (Å²) in [6, 6.07) is 18.9. The maximum atomic E-state index is 14.1. The lowest BCUT2D eigenvalue weighted by molar-refractivity contribution is -0.202. The van der Waals surface area contributed by atoms with Gasteiger partial charge in [0.05, 0.1) is 34.4 Å². The molecule has 0 radical (unpaired) electrons. The number of carbonyl (C=O) groups excluding carboxylic acids is 2. The minimum atomic E-state index is -4.19. The van der Waals surface area contributed by atoms with Crippen molar-refractivity contribution < 1.29 is 77.0 Å². The fraction of sp³-hybridized carbons (Fsp3) is 0.547. The van der Waals surface area contributed by atoms with Crippen LogP contribution in [0.15, 0.2) is 95.0 Å². The molecule has 0 saturated carbocycles. The summed E-state index contributed by atoms with van der Waals surface area (Å²) < 4.78 is 142. The highest BCUT2D eigenvalue weighted by Crippen LogP contribution is 2.39. The molecular weight excluding hydrogens is 1150 g/mol. The van der Waals surface area contributed by atoms with Crippen molar-refractivity contribution in [3.63, 3.8) is 0 Å². The number of nitrogens with one attached hydrogen (secondary N) is 2. The zero-order valence-electron chi connectivity index (χ0n) is 44.4. The van der Waals surface area contributed by atoms with E-state index in [-0.39, 0.29) is 86.0 Å². The van der Waals surface area contributed by atoms with Crippen molar-refractivity contribution in [2.45, 2.75) is 121 Å². The summed E-state index contributed by atoms with van der Waals surface area (Å²) in [6.07, 6.45) is -4.59. The number of hydroxylamine groups is 2. The fourth-order valence-electron chi connectivity index (χ4n) is 9.60. The Hall–Kier alpha value is -4.54. The summed E-state index contributed by atoms with van der Waals surface area (Å²) in [5.74, 6) is -1.67. The molecule has 0 spiro atoms. The summed E-state index contributed by atoms with van der Waals surface area (Å²) in [4.78, 5) is 44.3. The number of aromatic nitrogens is 2. The van der Waals surface area contributed by atoms with E-state index >= 15 is 0 Å². The number of sulfone groups is 2. The second kappa shape index (κ2) is 30.7. The number of alkyl halides is 6. The Kier molecular flexibility index (Phi) is 26.1. The van der Waals surface area contributed by atoms with Gasteiger partial charge in [-0.1, -0.05) is 36.4 Å². The van der Waals surface area contributed by atoms with Gasteiger partial charge >= 0.3 is 12.4 Å². The van der Waals surface area contributed by atoms with Gasteiger partial charge in [-0.05, 0) is 112 Å². The van der Waals surface area contributed by atoms with Gasteiger partial charge in [-0.15, -0.1) is 24.8 Å². The van der Waals surface area contributed by atoms with E-state index in [0.29, 0.717) is 99.2 Å². The van der Waals surface area contributed by atoms with Crippen LogP contribution < -0.4 is 11.0 Å². The van der Waals surface area contributed by atoms with Crippen LogP contribution in [0.25, 0.3) is 22.5 Å². The molecule has 3 fully saturated rings. The van der Waals surface area contributed by atoms with Crippen LogP contribution >= 0.6 is 24.8 Å². The number of aryl methyl sites for hydroxylation is 2. The van der Waals surface area contributed by atoms with Gasteiger partial charge in [0.1, 0.15) is 0 Å². The summed E-state index contributed by atoms with van der Waals surface area (Å²) in [5, 5.41) is 9.32. The Morgan fingerprint density at radius 1 is 0.650 bits per heavy atom. The minimum absolute atomic E-state index is 0. The smallest absolute Gasteiger partial charge is 0.383 e. The molecule has 2 amide bonds. The first-order chi connectivity index (χ1) is 37.1. The number of rotatable bonds is 22. The van der Waals surface area contributed by atoms with Gasteiger partial charge in [0.25, 0.3) is 11.8 Å². The van der Waals surface area contributed by atoms with Crippen LogP contribution in [-0.2, 0) is 61.2 Å². The number of carbonyl (C=O) groups is 2. The highest BCUT2D eigenvalue weighted by Gasteiger charge is 2.54. The number of nitrogens with zero attached hydrogens (tertiary/aromatic N) is 4. The maximum absolute atomic E-state index is 14.1. The minimum Gasteiger partial charge on any atom is -0.383 e. The van der Waals surface area contributed by atoms with Gasteiger partial charge in [0.2, 0.25) is 0 Å². The fourth-order valence-corrected chi connectivity index (χ4v) is 13.5. The Morgan fingerprint density at radius 2 is 1.06 bits per heavy atom. The van der Waals surface area contributed by atoms with Crippen LogP contribution in [0.5, 0.6) is 0 Å². The molecule has 3 N–H and O–H groups in total. The van der Waals surface area contributed by atoms with Gasteiger partial charge in [-0.3, -0.25) is 24.8 Å². The molecule has 17 nitrogen and oxygen atoms in total. The Morgan fingerprint density at radius 3 is 1.40 bits per heavy atom. The number of hydrogen-bond acceptors (Lipinski definition) is 15. The quantitative estimate of drug-likeness (QED) is 0.0381. The Labute approximate surface area is 475 Å². The summed E-state index contributed by atoms with van der Waals surface area (Å²) in [7, 11) is -5.13. The summed E-state index contributed by atoms with van der Waals surface area (Å²) in [6.45, 7) is 4.23. The third kappa shape index (κ3) is 18.0. The van der Waals surface area contributed by atoms with Gasteiger partial charge in [-0.2, -0.15) is 26.3 Å². The predicted molar refractivity (Wildman–Crippen MR) is 290 cm³/mol. The number of hydrogen-bond donors (Lipinski definition) is 3. The molecule has 4 aromatic rings. The van der Waals surface area contributed by atoms with E-state index in [4.69, 9.17) is 19.0 Å². The van der Waals surface area contributed by atoms with Crippen LogP contribution in [0, 0.1) is 0 Å². The second-order valence-corrected chi connectivity index (χ2v) is 24.1.